The van der Waals surface area contributed by atoms with Crippen LogP contribution < -0.4 is 10.6 Å². The summed E-state index contributed by atoms with van der Waals surface area (Å²) in [7, 11) is 0. The van der Waals surface area contributed by atoms with E-state index in [0.29, 0.717) is 0 Å². The average molecular weight is 363 g/mol. The lowest BCUT2D eigenvalue weighted by Crippen LogP contribution is -2.35. The van der Waals surface area contributed by atoms with Crippen molar-refractivity contribution in [3.63, 3.8) is 0 Å². The number of rotatable bonds is 3. The van der Waals surface area contributed by atoms with Gasteiger partial charge in [-0.3, -0.25) is 9.20 Å². The Hall–Kier alpha value is -1.89. The first kappa shape index (κ1) is 17.0. The average Bonchev–Trinajstić information content (AvgIpc) is 3.24. The zero-order valence-corrected chi connectivity index (χ0v) is 14.9. The van der Waals surface area contributed by atoms with E-state index < -0.39 is 0 Å². The molecule has 1 aliphatic heterocycles. The number of benzene rings is 1. The summed E-state index contributed by atoms with van der Waals surface area (Å²) in [5, 5.41) is 8.29. The van der Waals surface area contributed by atoms with Gasteiger partial charge in [0.05, 0.1) is 11.1 Å². The van der Waals surface area contributed by atoms with Crippen LogP contribution in [0.15, 0.2) is 42.0 Å². The third-order valence-corrected chi connectivity index (χ3v) is 5.22. The maximum absolute atomic E-state index is 12.4. The lowest BCUT2D eigenvalue weighted by Gasteiger charge is -2.21. The number of halogens is 1. The van der Waals surface area contributed by atoms with Crippen LogP contribution >= 0.6 is 23.7 Å². The van der Waals surface area contributed by atoms with Crippen LogP contribution in [0.3, 0.4) is 0 Å². The molecule has 2 N–H and O–H groups in total. The fourth-order valence-electron chi connectivity index (χ4n) is 2.88. The summed E-state index contributed by atoms with van der Waals surface area (Å²) in [6.45, 7) is 3.65. The molecule has 1 unspecified atom stereocenters. The number of anilines is 1. The Balaban J connectivity index is 0.00000169. The molecule has 1 amide bonds. The highest BCUT2D eigenvalue weighted by Gasteiger charge is 2.36. The highest BCUT2D eigenvalue weighted by atomic mass is 35.5. The Kier molecular flexibility index (Phi) is 4.62. The maximum Gasteiger partial charge on any atom is 0.231 e. The molecule has 126 valence electrons. The van der Waals surface area contributed by atoms with Gasteiger partial charge in [-0.1, -0.05) is 12.1 Å². The summed E-state index contributed by atoms with van der Waals surface area (Å²) in [6.07, 6.45) is 4.90. The number of carbonyl (C=O) groups excluding carboxylic acids is 1. The van der Waals surface area contributed by atoms with Crippen molar-refractivity contribution in [1.82, 2.24) is 14.7 Å². The van der Waals surface area contributed by atoms with Crippen molar-refractivity contribution < 1.29 is 4.79 Å². The predicted molar refractivity (Wildman–Crippen MR) is 100.0 cm³/mol. The minimum Gasteiger partial charge on any atom is -0.326 e. The molecule has 1 saturated heterocycles. The molecule has 1 aromatic carbocycles. The lowest BCUT2D eigenvalue weighted by atomic mass is 9.88. The molecule has 24 heavy (non-hydrogen) atoms. The molecule has 3 aromatic rings. The van der Waals surface area contributed by atoms with Crippen molar-refractivity contribution in [3.8, 4) is 11.3 Å². The van der Waals surface area contributed by atoms with Crippen LogP contribution in [-0.2, 0) is 4.79 Å². The summed E-state index contributed by atoms with van der Waals surface area (Å²) >= 11 is 1.62. The van der Waals surface area contributed by atoms with E-state index in [2.05, 4.69) is 15.6 Å². The number of thiazole rings is 1. The number of nitrogens with one attached hydrogen (secondary N) is 2. The van der Waals surface area contributed by atoms with E-state index in [4.69, 9.17) is 0 Å². The molecule has 0 aliphatic carbocycles. The largest absolute Gasteiger partial charge is 0.326 e. The van der Waals surface area contributed by atoms with Gasteiger partial charge in [-0.15, -0.1) is 23.7 Å². The van der Waals surface area contributed by atoms with Gasteiger partial charge in [-0.2, -0.15) is 0 Å². The Bertz CT molecular complexity index is 820. The van der Waals surface area contributed by atoms with E-state index >= 15 is 0 Å². The van der Waals surface area contributed by atoms with Crippen LogP contribution in [-0.4, -0.2) is 28.4 Å². The Labute approximate surface area is 150 Å². The Morgan fingerprint density at radius 3 is 2.83 bits per heavy atom. The van der Waals surface area contributed by atoms with Crippen molar-refractivity contribution in [3.05, 3.63) is 42.0 Å². The molecule has 5 nitrogen and oxygen atoms in total. The fourth-order valence-corrected chi connectivity index (χ4v) is 3.58. The maximum atomic E-state index is 12.4. The molecule has 3 heterocycles. The van der Waals surface area contributed by atoms with E-state index in [-0.39, 0.29) is 23.7 Å². The monoisotopic (exact) mass is 362 g/mol. The molecule has 2 aromatic heterocycles. The highest BCUT2D eigenvalue weighted by molar-refractivity contribution is 7.15. The summed E-state index contributed by atoms with van der Waals surface area (Å²) in [5.41, 5.74) is 2.51. The predicted octanol–water partition coefficient (Wildman–Crippen LogP) is 3.42. The van der Waals surface area contributed by atoms with Crippen LogP contribution in [0.2, 0.25) is 0 Å². The Morgan fingerprint density at radius 1 is 1.38 bits per heavy atom. The van der Waals surface area contributed by atoms with E-state index in [1.54, 1.807) is 11.3 Å². The van der Waals surface area contributed by atoms with Gasteiger partial charge in [0.25, 0.3) is 0 Å². The highest BCUT2D eigenvalue weighted by Crippen LogP contribution is 2.27. The normalized spacial score (nSPS) is 20.0. The van der Waals surface area contributed by atoms with Gasteiger partial charge in [0, 0.05) is 35.6 Å². The van der Waals surface area contributed by atoms with Crippen LogP contribution in [0.5, 0.6) is 0 Å². The van der Waals surface area contributed by atoms with Crippen LogP contribution in [0, 0.1) is 5.41 Å². The molecule has 0 bridgehead atoms. The van der Waals surface area contributed by atoms with Gasteiger partial charge in [0.2, 0.25) is 5.91 Å². The Morgan fingerprint density at radius 2 is 2.17 bits per heavy atom. The number of fused-ring (bicyclic) bond motifs is 1. The fraction of sp³-hybridized carbons (Fsp3) is 0.294. The zero-order valence-electron chi connectivity index (χ0n) is 13.3. The number of hydrogen-bond donors (Lipinski definition) is 2. The van der Waals surface area contributed by atoms with Gasteiger partial charge < -0.3 is 10.6 Å². The van der Waals surface area contributed by atoms with Crippen molar-refractivity contribution in [1.29, 1.82) is 0 Å². The minimum atomic E-state index is -0.313. The number of hydrogen-bond acceptors (Lipinski definition) is 4. The molecule has 0 radical (unpaired) electrons. The number of aromatic nitrogens is 2. The van der Waals surface area contributed by atoms with Gasteiger partial charge in [-0.25, -0.2) is 4.98 Å². The summed E-state index contributed by atoms with van der Waals surface area (Å²) in [6, 6.07) is 7.87. The van der Waals surface area contributed by atoms with Crippen LogP contribution in [0.25, 0.3) is 16.2 Å². The molecular weight excluding hydrogens is 344 g/mol. The zero-order chi connectivity index (χ0) is 15.9. The standard InChI is InChI=1S/C17H18N4OS.ClH/c1-17(6-7-18-11-17)15(22)19-13-4-2-12(3-5-13)14-10-21-8-9-23-16(21)20-14;/h2-5,8-10,18H,6-7,11H2,1H3,(H,19,22);1H. The minimum absolute atomic E-state index is 0. The van der Waals surface area contributed by atoms with Gasteiger partial charge >= 0.3 is 0 Å². The summed E-state index contributed by atoms with van der Waals surface area (Å²) < 4.78 is 2.02. The van der Waals surface area contributed by atoms with Crippen molar-refractivity contribution in [2.75, 3.05) is 18.4 Å². The molecule has 1 fully saturated rings. The number of carbonyl (C=O) groups is 1. The van der Waals surface area contributed by atoms with Gasteiger partial charge in [-0.05, 0) is 32.0 Å². The van der Waals surface area contributed by atoms with E-state index in [9.17, 15) is 4.79 Å². The lowest BCUT2D eigenvalue weighted by molar-refractivity contribution is -0.123. The first-order valence-electron chi connectivity index (χ1n) is 7.69. The second-order valence-corrected chi connectivity index (χ2v) is 7.11. The van der Waals surface area contributed by atoms with Crippen LogP contribution in [0.1, 0.15) is 13.3 Å². The number of nitrogens with zero attached hydrogens (tertiary/aromatic N) is 2. The molecule has 0 saturated carbocycles. The SMILES string of the molecule is CC1(C(=O)Nc2ccc(-c3cn4ccsc4n3)cc2)CCNC1.Cl. The molecule has 1 atom stereocenters. The molecule has 0 spiro atoms. The second kappa shape index (κ2) is 6.55. The van der Waals surface area contributed by atoms with Gasteiger partial charge in [0.15, 0.2) is 4.96 Å². The van der Waals surface area contributed by atoms with Gasteiger partial charge in [0.1, 0.15) is 0 Å². The first-order valence-corrected chi connectivity index (χ1v) is 8.57. The molecular formula is C17H19ClN4OS. The van der Waals surface area contributed by atoms with Crippen LogP contribution in [0.4, 0.5) is 5.69 Å². The third-order valence-electron chi connectivity index (χ3n) is 4.45. The topological polar surface area (TPSA) is 58.4 Å². The molecule has 7 heteroatoms. The van der Waals surface area contributed by atoms with Crippen molar-refractivity contribution in [2.45, 2.75) is 13.3 Å². The van der Waals surface area contributed by atoms with Crippen molar-refractivity contribution in [2.24, 2.45) is 5.41 Å². The number of amides is 1. The third kappa shape index (κ3) is 3.05. The van der Waals surface area contributed by atoms with E-state index in [1.807, 2.05) is 53.4 Å². The quantitative estimate of drug-likeness (QED) is 0.750. The van der Waals surface area contributed by atoms with E-state index in [0.717, 1.165) is 41.4 Å². The second-order valence-electron chi connectivity index (χ2n) is 6.24. The smallest absolute Gasteiger partial charge is 0.231 e. The molecule has 4 rings (SSSR count). The molecule has 1 aliphatic rings. The van der Waals surface area contributed by atoms with E-state index in [1.165, 1.54) is 0 Å². The van der Waals surface area contributed by atoms with Crippen molar-refractivity contribution >= 4 is 40.3 Å². The first-order chi connectivity index (χ1) is 11.1. The summed E-state index contributed by atoms with van der Waals surface area (Å²) in [4.78, 5) is 18.0. The summed E-state index contributed by atoms with van der Waals surface area (Å²) in [5.74, 6) is 0.0813. The number of imidazole rings is 1.